The topological polar surface area (TPSA) is 70.4 Å². The summed E-state index contributed by atoms with van der Waals surface area (Å²) in [4.78, 5) is 28.5. The zero-order chi connectivity index (χ0) is 20.8. The summed E-state index contributed by atoms with van der Waals surface area (Å²) in [5.74, 6) is 1.10. The maximum atomic E-state index is 12.7. The third kappa shape index (κ3) is 5.23. The van der Waals surface area contributed by atoms with Crippen LogP contribution in [-0.2, 0) is 22.5 Å². The van der Waals surface area contributed by atoms with Crippen molar-refractivity contribution in [3.8, 4) is 5.75 Å². The van der Waals surface area contributed by atoms with Crippen LogP contribution in [0.2, 0.25) is 0 Å². The van der Waals surface area contributed by atoms with Crippen molar-refractivity contribution in [2.45, 2.75) is 31.6 Å². The molecule has 1 atom stereocenters. The summed E-state index contributed by atoms with van der Waals surface area (Å²) in [6.45, 7) is 4.74. The molecule has 3 rings (SSSR count). The molecule has 0 spiro atoms. The molecular formula is C22H23BrN2O4. The number of ether oxygens (including phenoxy) is 2. The number of nitrogens with zero attached hydrogens (tertiary/aromatic N) is 2. The van der Waals surface area contributed by atoms with Crippen LogP contribution in [0.5, 0.6) is 5.75 Å². The molecule has 29 heavy (non-hydrogen) atoms. The van der Waals surface area contributed by atoms with Crippen LogP contribution in [0, 0.1) is 6.92 Å². The van der Waals surface area contributed by atoms with Crippen LogP contribution < -0.4 is 10.3 Å². The highest BCUT2D eigenvalue weighted by Gasteiger charge is 2.16. The van der Waals surface area contributed by atoms with Crippen molar-refractivity contribution < 1.29 is 14.3 Å². The van der Waals surface area contributed by atoms with Crippen LogP contribution in [-0.4, -0.2) is 33.6 Å². The molecule has 0 saturated carbocycles. The number of benzene rings is 2. The first-order valence-corrected chi connectivity index (χ1v) is 10.4. The Morgan fingerprint density at radius 1 is 1.17 bits per heavy atom. The third-order valence-corrected chi connectivity index (χ3v) is 5.21. The molecule has 0 aliphatic rings. The van der Waals surface area contributed by atoms with Gasteiger partial charge >= 0.3 is 5.97 Å². The number of fused-ring (bicyclic) bond motifs is 1. The number of halogens is 1. The first-order chi connectivity index (χ1) is 14.0. The summed E-state index contributed by atoms with van der Waals surface area (Å²) in [7, 11) is 0. The highest BCUT2D eigenvalue weighted by atomic mass is 79.9. The second-order valence-corrected chi connectivity index (χ2v) is 7.65. The average Bonchev–Trinajstić information content (AvgIpc) is 2.72. The Kier molecular flexibility index (Phi) is 7.04. The molecule has 1 aromatic heterocycles. The molecule has 0 N–H and O–H groups in total. The average molecular weight is 459 g/mol. The molecular weight excluding hydrogens is 436 g/mol. The smallest absolute Gasteiger partial charge is 0.320 e. The minimum Gasteiger partial charge on any atom is -0.492 e. The monoisotopic (exact) mass is 458 g/mol. The van der Waals surface area contributed by atoms with Crippen molar-refractivity contribution in [1.29, 1.82) is 0 Å². The normalized spacial score (nSPS) is 12.0. The van der Waals surface area contributed by atoms with Gasteiger partial charge in [-0.15, -0.1) is 0 Å². The molecule has 0 saturated heterocycles. The lowest BCUT2D eigenvalue weighted by molar-refractivity contribution is -0.142. The number of aryl methyl sites for hydroxylation is 1. The lowest BCUT2D eigenvalue weighted by Crippen LogP contribution is -2.26. The second-order valence-electron chi connectivity index (χ2n) is 6.55. The van der Waals surface area contributed by atoms with Gasteiger partial charge < -0.3 is 9.47 Å². The first-order valence-electron chi connectivity index (χ1n) is 9.48. The maximum absolute atomic E-state index is 12.7. The van der Waals surface area contributed by atoms with Crippen molar-refractivity contribution in [1.82, 2.24) is 9.55 Å². The predicted molar refractivity (Wildman–Crippen MR) is 116 cm³/mol. The van der Waals surface area contributed by atoms with Gasteiger partial charge in [-0.2, -0.15) is 0 Å². The van der Waals surface area contributed by atoms with E-state index in [-0.39, 0.29) is 16.4 Å². The van der Waals surface area contributed by atoms with Gasteiger partial charge in [-0.25, -0.2) is 4.98 Å². The highest BCUT2D eigenvalue weighted by Crippen LogP contribution is 2.17. The predicted octanol–water partition coefficient (Wildman–Crippen LogP) is 3.65. The lowest BCUT2D eigenvalue weighted by atomic mass is 10.1. The maximum Gasteiger partial charge on any atom is 0.320 e. The molecule has 1 unspecified atom stereocenters. The summed E-state index contributed by atoms with van der Waals surface area (Å²) in [5.41, 5.74) is 1.64. The Balaban J connectivity index is 1.59. The van der Waals surface area contributed by atoms with Gasteiger partial charge in [0.25, 0.3) is 5.56 Å². The van der Waals surface area contributed by atoms with E-state index in [4.69, 9.17) is 9.47 Å². The van der Waals surface area contributed by atoms with E-state index in [9.17, 15) is 9.59 Å². The van der Waals surface area contributed by atoms with Crippen LogP contribution >= 0.6 is 15.9 Å². The number of alkyl halides is 1. The van der Waals surface area contributed by atoms with E-state index in [2.05, 4.69) is 20.9 Å². The zero-order valence-corrected chi connectivity index (χ0v) is 18.0. The van der Waals surface area contributed by atoms with E-state index in [0.29, 0.717) is 48.7 Å². The first kappa shape index (κ1) is 21.0. The van der Waals surface area contributed by atoms with Gasteiger partial charge in [0, 0.05) is 0 Å². The number of hydrogen-bond donors (Lipinski definition) is 0. The van der Waals surface area contributed by atoms with E-state index < -0.39 is 0 Å². The number of carbonyl (C=O) groups is 1. The zero-order valence-electron chi connectivity index (χ0n) is 16.4. The third-order valence-electron chi connectivity index (χ3n) is 4.52. The molecule has 0 aliphatic carbocycles. The van der Waals surface area contributed by atoms with E-state index in [1.54, 1.807) is 17.6 Å². The van der Waals surface area contributed by atoms with Crippen LogP contribution in [0.4, 0.5) is 0 Å². The molecule has 0 amide bonds. The molecule has 0 fully saturated rings. The van der Waals surface area contributed by atoms with Gasteiger partial charge in [-0.1, -0.05) is 40.2 Å². The Labute approximate surface area is 177 Å². The Hall–Kier alpha value is -2.67. The largest absolute Gasteiger partial charge is 0.492 e. The SMILES string of the molecule is CCOC(=O)C(Br)Cc1ccc(OCCn2c(C)nc3ccccc3c2=O)cc1. The number of para-hydroxylation sites is 1. The van der Waals surface area contributed by atoms with E-state index in [0.717, 1.165) is 5.56 Å². The molecule has 2 aromatic carbocycles. The Morgan fingerprint density at radius 2 is 1.90 bits per heavy atom. The Morgan fingerprint density at radius 3 is 2.62 bits per heavy atom. The van der Waals surface area contributed by atoms with E-state index in [1.165, 1.54) is 0 Å². The fourth-order valence-electron chi connectivity index (χ4n) is 3.04. The summed E-state index contributed by atoms with van der Waals surface area (Å²) in [6, 6.07) is 14.9. The standard InChI is InChI=1S/C22H23BrN2O4/c1-3-28-22(27)19(23)14-16-8-10-17(11-9-16)29-13-12-25-15(2)24-20-7-5-4-6-18(20)21(25)26/h4-11,19H,3,12-14H2,1-2H3. The van der Waals surface area contributed by atoms with Gasteiger partial charge in [-0.05, 0) is 50.1 Å². The summed E-state index contributed by atoms with van der Waals surface area (Å²) in [5, 5.41) is 0.605. The quantitative estimate of drug-likeness (QED) is 0.380. The fourth-order valence-corrected chi connectivity index (χ4v) is 3.55. The molecule has 0 aliphatic heterocycles. The molecule has 3 aromatic rings. The van der Waals surface area contributed by atoms with Crippen LogP contribution in [0.3, 0.4) is 0 Å². The van der Waals surface area contributed by atoms with Crippen molar-refractivity contribution in [3.63, 3.8) is 0 Å². The van der Waals surface area contributed by atoms with Crippen molar-refractivity contribution >= 4 is 32.8 Å². The summed E-state index contributed by atoms with van der Waals surface area (Å²) >= 11 is 3.35. The second kappa shape index (κ2) is 9.69. The van der Waals surface area contributed by atoms with E-state index >= 15 is 0 Å². The van der Waals surface area contributed by atoms with Crippen molar-refractivity contribution in [2.24, 2.45) is 0 Å². The van der Waals surface area contributed by atoms with Crippen LogP contribution in [0.15, 0.2) is 53.3 Å². The van der Waals surface area contributed by atoms with Gasteiger partial charge in [0.15, 0.2) is 0 Å². The molecule has 6 nitrogen and oxygen atoms in total. The summed E-state index contributed by atoms with van der Waals surface area (Å²) < 4.78 is 12.4. The number of aromatic nitrogens is 2. The molecule has 0 bridgehead atoms. The van der Waals surface area contributed by atoms with Gasteiger partial charge in [0.1, 0.15) is 23.0 Å². The summed E-state index contributed by atoms with van der Waals surface area (Å²) in [6.07, 6.45) is 0.538. The van der Waals surface area contributed by atoms with Crippen molar-refractivity contribution in [3.05, 3.63) is 70.3 Å². The van der Waals surface area contributed by atoms with Crippen LogP contribution in [0.25, 0.3) is 10.9 Å². The molecule has 0 radical (unpaired) electrons. The fraction of sp³-hybridized carbons (Fsp3) is 0.318. The number of rotatable bonds is 8. The van der Waals surface area contributed by atoms with Gasteiger partial charge in [0.2, 0.25) is 0 Å². The molecule has 152 valence electrons. The Bertz CT molecular complexity index is 1050. The number of esters is 1. The van der Waals surface area contributed by atoms with Crippen molar-refractivity contribution in [2.75, 3.05) is 13.2 Å². The lowest BCUT2D eigenvalue weighted by Gasteiger charge is -2.12. The molecule has 1 heterocycles. The van der Waals surface area contributed by atoms with E-state index in [1.807, 2.05) is 49.4 Å². The molecule has 7 heteroatoms. The number of carbonyl (C=O) groups excluding carboxylic acids is 1. The van der Waals surface area contributed by atoms with Crippen LogP contribution in [0.1, 0.15) is 18.3 Å². The minimum absolute atomic E-state index is 0.0608. The van der Waals surface area contributed by atoms with Gasteiger partial charge in [0.05, 0.1) is 24.1 Å². The number of hydrogen-bond acceptors (Lipinski definition) is 5. The highest BCUT2D eigenvalue weighted by molar-refractivity contribution is 9.10. The van der Waals surface area contributed by atoms with Gasteiger partial charge in [-0.3, -0.25) is 14.2 Å². The minimum atomic E-state index is -0.371.